The topological polar surface area (TPSA) is 66.6 Å². The number of carbonyl (C=O) groups excluding carboxylic acids is 1. The molecule has 1 saturated carbocycles. The van der Waals surface area contributed by atoms with Crippen molar-refractivity contribution in [3.05, 3.63) is 0 Å². The molecule has 1 amide bonds. The Balaban J connectivity index is 1.65. The van der Waals surface area contributed by atoms with E-state index in [1.54, 1.807) is 0 Å². The molecule has 2 unspecified atom stereocenters. The summed E-state index contributed by atoms with van der Waals surface area (Å²) in [6.07, 6.45) is -0.822. The summed E-state index contributed by atoms with van der Waals surface area (Å²) in [5, 5.41) is 9.78. The van der Waals surface area contributed by atoms with Gasteiger partial charge in [0.05, 0.1) is 0 Å². The monoisotopic (exact) mass is 320 g/mol. The van der Waals surface area contributed by atoms with Crippen molar-refractivity contribution in [1.82, 2.24) is 4.90 Å². The van der Waals surface area contributed by atoms with Crippen molar-refractivity contribution in [3.8, 4) is 0 Å². The van der Waals surface area contributed by atoms with Gasteiger partial charge in [0.2, 0.25) is 5.91 Å². The van der Waals surface area contributed by atoms with Crippen molar-refractivity contribution in [2.75, 3.05) is 0 Å². The molecule has 3 rings (SSSR count). The molecule has 0 aromatic heterocycles. The lowest BCUT2D eigenvalue weighted by atomic mass is 9.79. The van der Waals surface area contributed by atoms with Crippen LogP contribution in [0.3, 0.4) is 0 Å². The van der Waals surface area contributed by atoms with Gasteiger partial charge >= 0.3 is 6.18 Å². The Morgan fingerprint density at radius 2 is 1.55 bits per heavy atom. The van der Waals surface area contributed by atoms with Crippen LogP contribution in [0.1, 0.15) is 51.4 Å². The van der Waals surface area contributed by atoms with E-state index in [2.05, 4.69) is 4.90 Å². The molecule has 3 fully saturated rings. The average molecular weight is 320 g/mol. The van der Waals surface area contributed by atoms with Gasteiger partial charge in [-0.3, -0.25) is 9.69 Å². The summed E-state index contributed by atoms with van der Waals surface area (Å²) in [5.41, 5.74) is 2.89. The van der Waals surface area contributed by atoms with E-state index in [9.17, 15) is 23.1 Å². The van der Waals surface area contributed by atoms with Crippen molar-refractivity contribution in [1.29, 1.82) is 0 Å². The molecule has 0 spiro atoms. The van der Waals surface area contributed by atoms with Crippen LogP contribution in [-0.4, -0.2) is 45.8 Å². The Kier molecular flexibility index (Phi) is 3.92. The zero-order chi connectivity index (χ0) is 16.1. The SMILES string of the molecule is NC(=O)C1CC2CCC(C1)N2C1CCC(O)(C(F)(F)F)CC1. The van der Waals surface area contributed by atoms with Crippen molar-refractivity contribution in [2.45, 2.75) is 81.3 Å². The minimum Gasteiger partial charge on any atom is -0.380 e. The van der Waals surface area contributed by atoms with Gasteiger partial charge in [-0.2, -0.15) is 13.2 Å². The Morgan fingerprint density at radius 1 is 1.05 bits per heavy atom. The first-order valence-electron chi connectivity index (χ1n) is 8.07. The Bertz CT molecular complexity index is 433. The molecule has 7 heteroatoms. The van der Waals surface area contributed by atoms with Gasteiger partial charge in [0, 0.05) is 24.0 Å². The van der Waals surface area contributed by atoms with Crippen LogP contribution in [0.2, 0.25) is 0 Å². The number of primary amides is 1. The highest BCUT2D eigenvalue weighted by molar-refractivity contribution is 5.76. The van der Waals surface area contributed by atoms with E-state index in [0.29, 0.717) is 12.8 Å². The highest BCUT2D eigenvalue weighted by Crippen LogP contribution is 2.47. The molecule has 126 valence electrons. The van der Waals surface area contributed by atoms with Crippen LogP contribution in [0.5, 0.6) is 0 Å². The molecule has 2 bridgehead atoms. The number of halogens is 3. The van der Waals surface area contributed by atoms with Crippen molar-refractivity contribution in [3.63, 3.8) is 0 Å². The van der Waals surface area contributed by atoms with Gasteiger partial charge in [-0.15, -0.1) is 0 Å². The molecule has 0 aromatic carbocycles. The van der Waals surface area contributed by atoms with Crippen LogP contribution in [0.15, 0.2) is 0 Å². The van der Waals surface area contributed by atoms with Gasteiger partial charge in [0.1, 0.15) is 0 Å². The number of nitrogens with two attached hydrogens (primary N) is 1. The number of hydrogen-bond acceptors (Lipinski definition) is 3. The zero-order valence-corrected chi connectivity index (χ0v) is 12.5. The van der Waals surface area contributed by atoms with Gasteiger partial charge < -0.3 is 10.8 Å². The number of aliphatic hydroxyl groups is 1. The summed E-state index contributed by atoms with van der Waals surface area (Å²) < 4.78 is 38.7. The molecule has 1 aliphatic carbocycles. The molecule has 3 N–H and O–H groups in total. The molecule has 0 radical (unpaired) electrons. The maximum absolute atomic E-state index is 12.9. The predicted molar refractivity (Wildman–Crippen MR) is 73.8 cm³/mol. The molecule has 2 aliphatic heterocycles. The van der Waals surface area contributed by atoms with E-state index >= 15 is 0 Å². The lowest BCUT2D eigenvalue weighted by molar-refractivity contribution is -0.272. The van der Waals surface area contributed by atoms with E-state index in [1.807, 2.05) is 0 Å². The molecule has 3 aliphatic rings. The molecular formula is C15H23F3N2O2. The van der Waals surface area contributed by atoms with Crippen molar-refractivity contribution in [2.24, 2.45) is 11.7 Å². The van der Waals surface area contributed by atoms with E-state index < -0.39 is 11.8 Å². The second-order valence-electron chi connectivity index (χ2n) is 7.16. The number of amides is 1. The average Bonchev–Trinajstić information content (AvgIpc) is 2.68. The van der Waals surface area contributed by atoms with Crippen LogP contribution in [0, 0.1) is 5.92 Å². The summed E-state index contributed by atoms with van der Waals surface area (Å²) >= 11 is 0. The first-order chi connectivity index (χ1) is 10.2. The lowest BCUT2D eigenvalue weighted by Crippen LogP contribution is -2.55. The van der Waals surface area contributed by atoms with Crippen molar-refractivity contribution < 1.29 is 23.1 Å². The van der Waals surface area contributed by atoms with Gasteiger partial charge in [0.25, 0.3) is 0 Å². The molecule has 4 nitrogen and oxygen atoms in total. The number of fused-ring (bicyclic) bond motifs is 2. The predicted octanol–water partition coefficient (Wildman–Crippen LogP) is 1.95. The molecule has 2 saturated heterocycles. The number of piperidine rings is 1. The standard InChI is InChI=1S/C15H23F3N2O2/c16-15(17,18)14(22)5-3-10(4-6-14)20-11-1-2-12(20)8-9(7-11)13(19)21/h9-12,22H,1-8H2,(H2,19,21). The van der Waals surface area contributed by atoms with E-state index in [0.717, 1.165) is 25.7 Å². The molecular weight excluding hydrogens is 297 g/mol. The van der Waals surface area contributed by atoms with E-state index in [4.69, 9.17) is 5.73 Å². The molecule has 2 heterocycles. The van der Waals surface area contributed by atoms with Crippen molar-refractivity contribution >= 4 is 5.91 Å². The molecule has 2 atom stereocenters. The van der Waals surface area contributed by atoms with E-state index in [-0.39, 0.29) is 42.8 Å². The normalized spacial score (nSPS) is 43.3. The minimum absolute atomic E-state index is 0.0916. The molecule has 0 aromatic rings. The quantitative estimate of drug-likeness (QED) is 0.817. The first-order valence-corrected chi connectivity index (χ1v) is 8.07. The summed E-state index contributed by atoms with van der Waals surface area (Å²) in [4.78, 5) is 13.7. The molecule has 22 heavy (non-hydrogen) atoms. The number of nitrogens with zero attached hydrogens (tertiary/aromatic N) is 1. The van der Waals surface area contributed by atoms with Crippen LogP contribution < -0.4 is 5.73 Å². The maximum Gasteiger partial charge on any atom is 0.417 e. The fraction of sp³-hybridized carbons (Fsp3) is 0.933. The summed E-state index contributed by atoms with van der Waals surface area (Å²) in [6.45, 7) is 0. The van der Waals surface area contributed by atoms with Crippen LogP contribution >= 0.6 is 0 Å². The lowest BCUT2D eigenvalue weighted by Gasteiger charge is -2.47. The second kappa shape index (κ2) is 5.37. The fourth-order valence-corrected chi connectivity index (χ4v) is 4.70. The second-order valence-corrected chi connectivity index (χ2v) is 7.16. The van der Waals surface area contributed by atoms with Gasteiger partial charge in [-0.25, -0.2) is 0 Å². The maximum atomic E-state index is 12.9. The van der Waals surface area contributed by atoms with Crippen LogP contribution in [0.4, 0.5) is 13.2 Å². The number of carbonyl (C=O) groups is 1. The van der Waals surface area contributed by atoms with Crippen LogP contribution in [0.25, 0.3) is 0 Å². The summed E-state index contributed by atoms with van der Waals surface area (Å²) in [5.74, 6) is -0.351. The first kappa shape index (κ1) is 16.1. The number of rotatable bonds is 2. The third-order valence-corrected chi connectivity index (χ3v) is 5.92. The van der Waals surface area contributed by atoms with Gasteiger partial charge in [-0.1, -0.05) is 0 Å². The highest BCUT2D eigenvalue weighted by Gasteiger charge is 2.56. The Hall–Kier alpha value is -0.820. The number of hydrogen-bond donors (Lipinski definition) is 2. The third-order valence-electron chi connectivity index (χ3n) is 5.92. The summed E-state index contributed by atoms with van der Waals surface area (Å²) in [7, 11) is 0. The van der Waals surface area contributed by atoms with Gasteiger partial charge in [0.15, 0.2) is 5.60 Å². The Morgan fingerprint density at radius 3 is 1.95 bits per heavy atom. The smallest absolute Gasteiger partial charge is 0.380 e. The van der Waals surface area contributed by atoms with Crippen LogP contribution in [-0.2, 0) is 4.79 Å². The van der Waals surface area contributed by atoms with E-state index in [1.165, 1.54) is 0 Å². The van der Waals surface area contributed by atoms with Gasteiger partial charge in [-0.05, 0) is 51.4 Å². The fourth-order valence-electron chi connectivity index (χ4n) is 4.70. The summed E-state index contributed by atoms with van der Waals surface area (Å²) in [6, 6.07) is 0.616. The minimum atomic E-state index is -4.55. The largest absolute Gasteiger partial charge is 0.417 e. The number of alkyl halides is 3. The Labute approximate surface area is 127 Å². The third kappa shape index (κ3) is 2.62. The highest BCUT2D eigenvalue weighted by atomic mass is 19.4. The zero-order valence-electron chi connectivity index (χ0n) is 12.5.